The van der Waals surface area contributed by atoms with Gasteiger partial charge in [-0.05, 0) is 74.2 Å². The van der Waals surface area contributed by atoms with Gasteiger partial charge in [0.25, 0.3) is 0 Å². The van der Waals surface area contributed by atoms with E-state index < -0.39 is 0 Å². The van der Waals surface area contributed by atoms with Crippen molar-refractivity contribution in [3.8, 4) is 23.7 Å². The van der Waals surface area contributed by atoms with Crippen LogP contribution < -0.4 is 0 Å². The molecule has 0 saturated carbocycles. The topological polar surface area (TPSA) is 24.7 Å². The Hall–Kier alpha value is -3.10. The van der Waals surface area contributed by atoms with Crippen LogP contribution in [0, 0.1) is 23.7 Å². The smallest absolute Gasteiger partial charge is 0.0634 e. The molecule has 0 aliphatic heterocycles. The van der Waals surface area contributed by atoms with Crippen molar-refractivity contribution < 1.29 is 0 Å². The molecule has 0 saturated heterocycles. The Kier molecular flexibility index (Phi) is 36.5. The van der Waals surface area contributed by atoms with E-state index in [1.54, 1.807) is 0 Å². The van der Waals surface area contributed by atoms with Gasteiger partial charge in [0.05, 0.1) is 17.1 Å². The zero-order valence-corrected chi connectivity index (χ0v) is 39.8. The number of hydrogen-bond donors (Lipinski definition) is 0. The number of unbranched alkanes of at least 4 members (excludes halogenated alkanes) is 33. The molecule has 0 fully saturated rings. The second-order valence-corrected chi connectivity index (χ2v) is 17.8. The Labute approximate surface area is 373 Å². The minimum atomic E-state index is 0.920. The van der Waals surface area contributed by atoms with Gasteiger partial charge in [-0.1, -0.05) is 243 Å². The summed E-state index contributed by atoms with van der Waals surface area (Å²) < 4.78 is 0. The van der Waals surface area contributed by atoms with Crippen molar-refractivity contribution in [3.05, 3.63) is 59.7 Å². The number of hydrogen-bond acceptors (Lipinski definition) is 2. The number of aliphatic imine (C=N–C) groups is 2. The molecule has 0 atom stereocenters. The maximum absolute atomic E-state index is 4.96. The van der Waals surface area contributed by atoms with Crippen LogP contribution in [-0.2, 0) is 0 Å². The van der Waals surface area contributed by atoms with Crippen LogP contribution in [0.25, 0.3) is 0 Å². The fraction of sp³-hybridized carbons (Fsp3) is 0.690. The largest absolute Gasteiger partial charge is 0.255 e. The highest BCUT2D eigenvalue weighted by Gasteiger charge is 2.00. The molecule has 0 aliphatic rings. The third-order valence-corrected chi connectivity index (χ3v) is 11.9. The number of benzene rings is 2. The third kappa shape index (κ3) is 32.6. The summed E-state index contributed by atoms with van der Waals surface area (Å²) in [6.45, 7) is 6.82. The molecule has 2 rings (SSSR count). The van der Waals surface area contributed by atoms with E-state index >= 15 is 0 Å². The molecule has 0 aliphatic carbocycles. The molecule has 2 aromatic carbocycles. The predicted octanol–water partition coefficient (Wildman–Crippen LogP) is 19.4. The van der Waals surface area contributed by atoms with Crippen molar-refractivity contribution in [2.24, 2.45) is 9.98 Å². The molecule has 2 aromatic rings. The molecule has 0 radical (unpaired) electrons. The molecule has 0 amide bonds. The molecule has 0 aromatic heterocycles. The Morgan fingerprint density at radius 1 is 0.367 bits per heavy atom. The fourth-order valence-corrected chi connectivity index (χ4v) is 7.92. The first kappa shape index (κ1) is 53.0. The molecule has 0 bridgehead atoms. The van der Waals surface area contributed by atoms with Crippen LogP contribution in [0.3, 0.4) is 0 Å². The zero-order valence-electron chi connectivity index (χ0n) is 39.8. The predicted molar refractivity (Wildman–Crippen MR) is 270 cm³/mol. The number of nitrogens with zero attached hydrogens (tertiary/aromatic N) is 2. The van der Waals surface area contributed by atoms with Crippen LogP contribution in [0.15, 0.2) is 58.5 Å². The average Bonchev–Trinajstić information content (AvgIpc) is 3.27. The van der Waals surface area contributed by atoms with Gasteiger partial charge < -0.3 is 0 Å². The molecular weight excluding hydrogens is 725 g/mol. The van der Waals surface area contributed by atoms with Crippen molar-refractivity contribution in [3.63, 3.8) is 0 Å². The maximum atomic E-state index is 4.96. The van der Waals surface area contributed by atoms with Crippen molar-refractivity contribution >= 4 is 23.3 Å². The lowest BCUT2D eigenvalue weighted by atomic mass is 10.0. The van der Waals surface area contributed by atoms with Gasteiger partial charge in [-0.2, -0.15) is 0 Å². The van der Waals surface area contributed by atoms with Crippen molar-refractivity contribution in [1.29, 1.82) is 0 Å². The van der Waals surface area contributed by atoms with Crippen LogP contribution in [0.2, 0.25) is 0 Å². The minimum Gasteiger partial charge on any atom is -0.255 e. The minimum absolute atomic E-state index is 0.920. The molecule has 0 N–H and O–H groups in total. The first-order valence-electron chi connectivity index (χ1n) is 26.0. The van der Waals surface area contributed by atoms with Crippen molar-refractivity contribution in [2.45, 2.75) is 258 Å². The van der Waals surface area contributed by atoms with Gasteiger partial charge in [-0.25, -0.2) is 0 Å². The highest BCUT2D eigenvalue weighted by atomic mass is 14.8. The molecule has 0 heterocycles. The summed E-state index contributed by atoms with van der Waals surface area (Å²) in [6.07, 6.45) is 52.0. The summed E-state index contributed by atoms with van der Waals surface area (Å²) >= 11 is 0. The van der Waals surface area contributed by atoms with Crippen LogP contribution in [0.5, 0.6) is 0 Å². The van der Waals surface area contributed by atoms with Gasteiger partial charge in [-0.3, -0.25) is 9.98 Å². The van der Waals surface area contributed by atoms with E-state index in [9.17, 15) is 0 Å². The first-order valence-corrected chi connectivity index (χ1v) is 26.0. The molecule has 0 spiro atoms. The Balaban J connectivity index is 1.57. The van der Waals surface area contributed by atoms with E-state index in [1.807, 2.05) is 6.21 Å². The van der Waals surface area contributed by atoms with E-state index in [1.165, 1.54) is 205 Å². The maximum Gasteiger partial charge on any atom is 0.0634 e. The molecule has 0 unspecified atom stereocenters. The summed E-state index contributed by atoms with van der Waals surface area (Å²) in [5, 5.41) is 0. The average molecular weight is 817 g/mol. The van der Waals surface area contributed by atoms with Gasteiger partial charge in [0, 0.05) is 30.2 Å². The van der Waals surface area contributed by atoms with E-state index in [0.717, 1.165) is 60.3 Å². The van der Waals surface area contributed by atoms with Crippen LogP contribution >= 0.6 is 0 Å². The summed E-state index contributed by atoms with van der Waals surface area (Å²) in [5.41, 5.74) is 5.06. The lowest BCUT2D eigenvalue weighted by Gasteiger charge is -2.03. The summed E-state index contributed by atoms with van der Waals surface area (Å²) in [6, 6.07) is 16.7. The van der Waals surface area contributed by atoms with Crippen molar-refractivity contribution in [2.75, 3.05) is 0 Å². The second kappa shape index (κ2) is 41.3. The fourth-order valence-electron chi connectivity index (χ4n) is 7.92. The summed E-state index contributed by atoms with van der Waals surface area (Å²) in [5.74, 6) is 13.5. The van der Waals surface area contributed by atoms with Gasteiger partial charge in [0.2, 0.25) is 0 Å². The Bertz CT molecular complexity index is 1420. The van der Waals surface area contributed by atoms with E-state index in [4.69, 9.17) is 9.98 Å². The first-order chi connectivity index (χ1) is 29.7. The lowest BCUT2D eigenvalue weighted by Crippen LogP contribution is -1.99. The van der Waals surface area contributed by atoms with Gasteiger partial charge in [0.1, 0.15) is 0 Å². The Morgan fingerprint density at radius 2 is 0.667 bits per heavy atom. The highest BCUT2D eigenvalue weighted by Crippen LogP contribution is 2.18. The van der Waals surface area contributed by atoms with Crippen LogP contribution in [-0.4, -0.2) is 11.9 Å². The number of rotatable bonds is 38. The highest BCUT2D eigenvalue weighted by molar-refractivity contribution is 6.31. The SMILES string of the molecule is CCCCCCCCCCCCCCCCCCC#Cc1ccc(N=CC(CCCC)=Nc2ccc(C#CCCCCCCCCCCCCCCCCCC)cc2)cc1. The van der Waals surface area contributed by atoms with Gasteiger partial charge in [0.15, 0.2) is 0 Å². The monoisotopic (exact) mass is 817 g/mol. The van der Waals surface area contributed by atoms with Gasteiger partial charge in [-0.15, -0.1) is 0 Å². The molecule has 334 valence electrons. The van der Waals surface area contributed by atoms with Crippen LogP contribution in [0.1, 0.15) is 269 Å². The standard InChI is InChI=1S/C58H92N2/c1-4-7-10-12-14-16-18-20-22-24-26-28-30-32-34-36-38-40-42-54-45-49-56(50-46-54)59-53-58(44-9-6-3)60-57-51-47-55(48-52-57)43-41-39-37-35-33-31-29-27-25-23-21-19-17-15-13-11-8-5-2/h45-53H,4-39,44H2,1-3H3. The zero-order chi connectivity index (χ0) is 42.7. The van der Waals surface area contributed by atoms with E-state index in [-0.39, 0.29) is 0 Å². The van der Waals surface area contributed by atoms with E-state index in [2.05, 4.69) is 93.0 Å². The Morgan fingerprint density at radius 3 is 1.00 bits per heavy atom. The normalized spacial score (nSPS) is 11.5. The van der Waals surface area contributed by atoms with Gasteiger partial charge >= 0.3 is 0 Å². The van der Waals surface area contributed by atoms with Crippen LogP contribution in [0.4, 0.5) is 11.4 Å². The second-order valence-electron chi connectivity index (χ2n) is 17.8. The molecule has 2 nitrogen and oxygen atoms in total. The molecule has 2 heteroatoms. The third-order valence-electron chi connectivity index (χ3n) is 11.9. The summed E-state index contributed by atoms with van der Waals surface area (Å²) in [4.78, 5) is 9.75. The summed E-state index contributed by atoms with van der Waals surface area (Å²) in [7, 11) is 0. The van der Waals surface area contributed by atoms with E-state index in [0.29, 0.717) is 0 Å². The molecular formula is C58H92N2. The lowest BCUT2D eigenvalue weighted by molar-refractivity contribution is 0.530. The van der Waals surface area contributed by atoms with Crippen molar-refractivity contribution in [1.82, 2.24) is 0 Å². The molecule has 60 heavy (non-hydrogen) atoms. The quantitative estimate of drug-likeness (QED) is 0.0366.